The maximum absolute atomic E-state index is 12.3. The Morgan fingerprint density at radius 1 is 0.929 bits per heavy atom. The molecule has 0 spiro atoms. The third-order valence-electron chi connectivity index (χ3n) is 4.05. The molecule has 3 rings (SSSR count). The molecule has 2 amide bonds. The third kappa shape index (κ3) is 5.08. The van der Waals surface area contributed by atoms with Gasteiger partial charge < -0.3 is 15.4 Å². The first-order valence-corrected chi connectivity index (χ1v) is 9.52. The lowest BCUT2D eigenvalue weighted by Crippen LogP contribution is -2.12. The monoisotopic (exact) mass is 392 g/mol. The summed E-state index contributed by atoms with van der Waals surface area (Å²) >= 11 is 1.59. The molecule has 2 aromatic carbocycles. The minimum Gasteiger partial charge on any atom is -0.497 e. The van der Waals surface area contributed by atoms with Gasteiger partial charge in [0.2, 0.25) is 5.91 Å². The number of carbonyl (C=O) groups excluding carboxylic acids is 2. The molecule has 2 N–H and O–H groups in total. The first-order valence-electron chi connectivity index (χ1n) is 8.64. The van der Waals surface area contributed by atoms with Crippen molar-refractivity contribution in [3.8, 4) is 5.75 Å². The van der Waals surface area contributed by atoms with Crippen LogP contribution in [0.2, 0.25) is 0 Å². The average molecular weight is 392 g/mol. The summed E-state index contributed by atoms with van der Waals surface area (Å²) in [6, 6.07) is 15.8. The topological polar surface area (TPSA) is 67.4 Å². The van der Waals surface area contributed by atoms with Gasteiger partial charge in [0.15, 0.2) is 0 Å². The Hall–Kier alpha value is -3.38. The lowest BCUT2D eigenvalue weighted by molar-refractivity contribution is -0.111. The highest BCUT2D eigenvalue weighted by atomic mass is 32.1. The van der Waals surface area contributed by atoms with Gasteiger partial charge in [-0.1, -0.05) is 0 Å². The van der Waals surface area contributed by atoms with Crippen molar-refractivity contribution < 1.29 is 14.3 Å². The summed E-state index contributed by atoms with van der Waals surface area (Å²) in [4.78, 5) is 25.4. The summed E-state index contributed by atoms with van der Waals surface area (Å²) in [6.45, 7) is 2.00. The standard InChI is InChI=1S/C22H20N2O3S/c1-15-13-14-28-20(15)11-12-21(25)23-17-5-3-16(4-6-17)22(26)24-18-7-9-19(27-2)10-8-18/h3-14H,1-2H3,(H,23,25)(H,24,26)/b12-11+. The quantitative estimate of drug-likeness (QED) is 0.582. The first kappa shape index (κ1) is 19.4. The van der Waals surface area contributed by atoms with Crippen LogP contribution in [0.15, 0.2) is 66.1 Å². The van der Waals surface area contributed by atoms with Gasteiger partial charge in [0.05, 0.1) is 7.11 Å². The number of nitrogens with one attached hydrogen (secondary N) is 2. The van der Waals surface area contributed by atoms with Gasteiger partial charge >= 0.3 is 0 Å². The molecule has 6 heteroatoms. The van der Waals surface area contributed by atoms with Gasteiger partial charge in [0.1, 0.15) is 5.75 Å². The Labute approximate surface area is 167 Å². The summed E-state index contributed by atoms with van der Waals surface area (Å²) in [5.41, 5.74) is 2.94. The maximum atomic E-state index is 12.3. The fourth-order valence-corrected chi connectivity index (χ4v) is 3.29. The minimum atomic E-state index is -0.226. The molecular weight excluding hydrogens is 372 g/mol. The summed E-state index contributed by atoms with van der Waals surface area (Å²) in [7, 11) is 1.59. The molecule has 1 heterocycles. The zero-order valence-corrected chi connectivity index (χ0v) is 16.4. The average Bonchev–Trinajstić information content (AvgIpc) is 3.12. The second-order valence-corrected chi connectivity index (χ2v) is 7.00. The number of amides is 2. The molecule has 28 heavy (non-hydrogen) atoms. The molecule has 0 saturated carbocycles. The van der Waals surface area contributed by atoms with E-state index in [9.17, 15) is 9.59 Å². The van der Waals surface area contributed by atoms with E-state index in [1.54, 1.807) is 73.1 Å². The van der Waals surface area contributed by atoms with Crippen LogP contribution in [0.1, 0.15) is 20.8 Å². The summed E-state index contributed by atoms with van der Waals surface area (Å²) < 4.78 is 5.10. The number of rotatable bonds is 6. The highest BCUT2D eigenvalue weighted by Gasteiger charge is 2.07. The van der Waals surface area contributed by atoms with E-state index in [0.717, 1.165) is 16.2 Å². The number of anilines is 2. The van der Waals surface area contributed by atoms with Gasteiger partial charge in [-0.05, 0) is 78.5 Å². The Balaban J connectivity index is 1.57. The molecule has 0 bridgehead atoms. The summed E-state index contributed by atoms with van der Waals surface area (Å²) in [5.74, 6) is 0.278. The molecule has 0 atom stereocenters. The Bertz CT molecular complexity index is 989. The lowest BCUT2D eigenvalue weighted by Gasteiger charge is -2.07. The maximum Gasteiger partial charge on any atom is 0.255 e. The molecule has 1 aromatic heterocycles. The zero-order chi connectivity index (χ0) is 19.9. The van der Waals surface area contributed by atoms with Crippen LogP contribution in [0.25, 0.3) is 6.08 Å². The fourth-order valence-electron chi connectivity index (χ4n) is 2.47. The van der Waals surface area contributed by atoms with Crippen LogP contribution in [0.5, 0.6) is 5.75 Å². The van der Waals surface area contributed by atoms with Crippen molar-refractivity contribution in [1.82, 2.24) is 0 Å². The Morgan fingerprint density at radius 2 is 1.57 bits per heavy atom. The van der Waals surface area contributed by atoms with Gasteiger partial charge in [0, 0.05) is 27.9 Å². The molecule has 0 radical (unpaired) electrons. The molecule has 0 aliphatic heterocycles. The number of methoxy groups -OCH3 is 1. The number of aryl methyl sites for hydroxylation is 1. The zero-order valence-electron chi connectivity index (χ0n) is 15.6. The van der Waals surface area contributed by atoms with Crippen molar-refractivity contribution in [3.63, 3.8) is 0 Å². The van der Waals surface area contributed by atoms with E-state index in [-0.39, 0.29) is 11.8 Å². The second-order valence-electron chi connectivity index (χ2n) is 6.05. The van der Waals surface area contributed by atoms with Crippen molar-refractivity contribution in [3.05, 3.63) is 82.1 Å². The number of thiophene rings is 1. The van der Waals surface area contributed by atoms with Crippen LogP contribution in [-0.2, 0) is 4.79 Å². The molecule has 0 unspecified atom stereocenters. The van der Waals surface area contributed by atoms with Crippen molar-refractivity contribution in [2.45, 2.75) is 6.92 Å². The van der Waals surface area contributed by atoms with E-state index in [1.807, 2.05) is 18.4 Å². The van der Waals surface area contributed by atoms with Crippen molar-refractivity contribution in [2.75, 3.05) is 17.7 Å². The number of ether oxygens (including phenoxy) is 1. The number of benzene rings is 2. The normalized spacial score (nSPS) is 10.6. The highest BCUT2D eigenvalue weighted by Crippen LogP contribution is 2.18. The molecule has 0 fully saturated rings. The van der Waals surface area contributed by atoms with Gasteiger partial charge in [0.25, 0.3) is 5.91 Å². The van der Waals surface area contributed by atoms with Crippen LogP contribution in [0.4, 0.5) is 11.4 Å². The van der Waals surface area contributed by atoms with Gasteiger partial charge in [-0.3, -0.25) is 9.59 Å². The van der Waals surface area contributed by atoms with Crippen LogP contribution < -0.4 is 15.4 Å². The van der Waals surface area contributed by atoms with Gasteiger partial charge in [-0.15, -0.1) is 11.3 Å². The molecule has 0 aliphatic rings. The summed E-state index contributed by atoms with van der Waals surface area (Å²) in [5, 5.41) is 7.59. The van der Waals surface area contributed by atoms with E-state index in [1.165, 1.54) is 6.08 Å². The molecular formula is C22H20N2O3S. The van der Waals surface area contributed by atoms with Crippen molar-refractivity contribution >= 4 is 40.6 Å². The van der Waals surface area contributed by atoms with Gasteiger partial charge in [-0.25, -0.2) is 0 Å². The minimum absolute atomic E-state index is 0.219. The summed E-state index contributed by atoms with van der Waals surface area (Å²) in [6.07, 6.45) is 3.30. The second kappa shape index (κ2) is 9.01. The molecule has 5 nitrogen and oxygen atoms in total. The predicted octanol–water partition coefficient (Wildman–Crippen LogP) is 4.97. The van der Waals surface area contributed by atoms with Crippen LogP contribution in [0.3, 0.4) is 0 Å². The predicted molar refractivity (Wildman–Crippen MR) is 114 cm³/mol. The molecule has 0 aliphatic carbocycles. The molecule has 142 valence electrons. The lowest BCUT2D eigenvalue weighted by atomic mass is 10.2. The van der Waals surface area contributed by atoms with E-state index in [2.05, 4.69) is 10.6 Å². The van der Waals surface area contributed by atoms with Gasteiger partial charge in [-0.2, -0.15) is 0 Å². The largest absolute Gasteiger partial charge is 0.497 e. The van der Waals surface area contributed by atoms with Crippen molar-refractivity contribution in [1.29, 1.82) is 0 Å². The first-order chi connectivity index (χ1) is 13.5. The SMILES string of the molecule is COc1ccc(NC(=O)c2ccc(NC(=O)/C=C/c3sccc3C)cc2)cc1. The van der Waals surface area contributed by atoms with Crippen LogP contribution in [0, 0.1) is 6.92 Å². The Kier molecular flexibility index (Phi) is 6.24. The van der Waals surface area contributed by atoms with Crippen LogP contribution >= 0.6 is 11.3 Å². The number of hydrogen-bond donors (Lipinski definition) is 2. The molecule has 0 saturated heterocycles. The smallest absolute Gasteiger partial charge is 0.255 e. The van der Waals surface area contributed by atoms with E-state index in [0.29, 0.717) is 16.9 Å². The van der Waals surface area contributed by atoms with E-state index < -0.39 is 0 Å². The van der Waals surface area contributed by atoms with E-state index >= 15 is 0 Å². The number of hydrogen-bond acceptors (Lipinski definition) is 4. The van der Waals surface area contributed by atoms with Crippen LogP contribution in [-0.4, -0.2) is 18.9 Å². The fraction of sp³-hybridized carbons (Fsp3) is 0.0909. The van der Waals surface area contributed by atoms with Crippen molar-refractivity contribution in [2.24, 2.45) is 0 Å². The highest BCUT2D eigenvalue weighted by molar-refractivity contribution is 7.11. The molecule has 3 aromatic rings. The van der Waals surface area contributed by atoms with E-state index in [4.69, 9.17) is 4.74 Å². The third-order valence-corrected chi connectivity index (χ3v) is 5.03. The number of carbonyl (C=O) groups is 2. The Morgan fingerprint density at radius 3 is 2.18 bits per heavy atom.